The average molecular weight is 284 g/mol. The zero-order valence-electron chi connectivity index (χ0n) is 11.2. The van der Waals surface area contributed by atoms with Crippen LogP contribution >= 0.6 is 0 Å². The number of aliphatic hydroxyl groups is 2. The Bertz CT molecular complexity index is 415. The maximum atomic E-state index is 12.6. The Morgan fingerprint density at radius 3 is 2.10 bits per heavy atom. The largest absolute Gasteiger partial charge is 0.480 e. The first-order valence-corrected chi connectivity index (χ1v) is 7.15. The Kier molecular flexibility index (Phi) is 3.33. The number of likely N-dealkylation sites (tertiary alicyclic amines) is 1. The Labute approximate surface area is 116 Å². The smallest absolute Gasteiger partial charge is 0.326 e. The van der Waals surface area contributed by atoms with Gasteiger partial charge in [-0.05, 0) is 25.7 Å². The van der Waals surface area contributed by atoms with Crippen LogP contribution in [0.25, 0.3) is 0 Å². The number of piperidine rings is 1. The maximum absolute atomic E-state index is 12.6. The summed E-state index contributed by atoms with van der Waals surface area (Å²) in [5.74, 6) is -1.07. The highest BCUT2D eigenvalue weighted by atomic mass is 16.4. The molecule has 3 N–H and O–H groups in total. The minimum absolute atomic E-state index is 0.00318. The molecule has 3 aliphatic rings. The zero-order valence-corrected chi connectivity index (χ0v) is 11.2. The highest BCUT2D eigenvalue weighted by Crippen LogP contribution is 2.37. The molecule has 0 spiro atoms. The molecule has 20 heavy (non-hydrogen) atoms. The number of carboxylic acids is 1. The van der Waals surface area contributed by atoms with Crippen LogP contribution in [0.1, 0.15) is 32.1 Å². The molecule has 0 aromatic heterocycles. The Morgan fingerprint density at radius 1 is 0.950 bits per heavy atom. The quantitative estimate of drug-likeness (QED) is 0.609. The first kappa shape index (κ1) is 13.6. The second-order valence-corrected chi connectivity index (χ2v) is 6.10. The maximum Gasteiger partial charge on any atom is 0.326 e. The molecule has 4 atom stereocenters. The first-order valence-electron chi connectivity index (χ1n) is 7.15. The van der Waals surface area contributed by atoms with Crippen LogP contribution in [-0.2, 0) is 4.79 Å². The molecular weight excluding hydrogens is 264 g/mol. The Morgan fingerprint density at radius 2 is 1.55 bits per heavy atom. The molecule has 0 aliphatic carbocycles. The number of amides is 2. The zero-order chi connectivity index (χ0) is 14.4. The van der Waals surface area contributed by atoms with Crippen molar-refractivity contribution in [2.75, 3.05) is 6.54 Å². The topological polar surface area (TPSA) is 101 Å². The first-order chi connectivity index (χ1) is 9.47. The number of carbonyl (C=O) groups is 2. The van der Waals surface area contributed by atoms with Gasteiger partial charge in [0.1, 0.15) is 6.04 Å². The van der Waals surface area contributed by atoms with E-state index in [0.717, 1.165) is 12.8 Å². The number of aliphatic carboxylic acids is 1. The molecule has 2 unspecified atom stereocenters. The normalized spacial score (nSPS) is 40.2. The molecule has 0 aromatic carbocycles. The van der Waals surface area contributed by atoms with Crippen molar-refractivity contribution < 1.29 is 24.9 Å². The lowest BCUT2D eigenvalue weighted by Crippen LogP contribution is -2.55. The van der Waals surface area contributed by atoms with Gasteiger partial charge in [-0.25, -0.2) is 9.59 Å². The van der Waals surface area contributed by atoms with Gasteiger partial charge in [0.2, 0.25) is 0 Å². The molecule has 3 aliphatic heterocycles. The summed E-state index contributed by atoms with van der Waals surface area (Å²) in [4.78, 5) is 26.8. The molecule has 3 fully saturated rings. The van der Waals surface area contributed by atoms with E-state index in [-0.39, 0.29) is 37.2 Å². The summed E-state index contributed by atoms with van der Waals surface area (Å²) < 4.78 is 0. The monoisotopic (exact) mass is 284 g/mol. The van der Waals surface area contributed by atoms with Crippen LogP contribution in [0.2, 0.25) is 0 Å². The van der Waals surface area contributed by atoms with E-state index < -0.39 is 18.1 Å². The summed E-state index contributed by atoms with van der Waals surface area (Å²) in [7, 11) is 0. The van der Waals surface area contributed by atoms with E-state index in [4.69, 9.17) is 0 Å². The second-order valence-electron chi connectivity index (χ2n) is 6.10. The van der Waals surface area contributed by atoms with Crippen LogP contribution < -0.4 is 0 Å². The number of fused-ring (bicyclic) bond motifs is 2. The minimum atomic E-state index is -1.07. The lowest BCUT2D eigenvalue weighted by atomic mass is 10.0. The summed E-state index contributed by atoms with van der Waals surface area (Å²) in [6.45, 7) is 0.0777. The van der Waals surface area contributed by atoms with Crippen molar-refractivity contribution in [2.24, 2.45) is 0 Å². The fourth-order valence-corrected chi connectivity index (χ4v) is 3.87. The van der Waals surface area contributed by atoms with Crippen molar-refractivity contribution in [1.82, 2.24) is 9.80 Å². The molecule has 2 bridgehead atoms. The Hall–Kier alpha value is -1.34. The van der Waals surface area contributed by atoms with Crippen LogP contribution in [0.3, 0.4) is 0 Å². The molecule has 7 heteroatoms. The van der Waals surface area contributed by atoms with Gasteiger partial charge in [-0.2, -0.15) is 0 Å². The van der Waals surface area contributed by atoms with Gasteiger partial charge in [0.05, 0.1) is 12.2 Å². The van der Waals surface area contributed by atoms with Crippen molar-refractivity contribution in [3.05, 3.63) is 0 Å². The van der Waals surface area contributed by atoms with Crippen molar-refractivity contribution in [2.45, 2.75) is 62.4 Å². The van der Waals surface area contributed by atoms with E-state index >= 15 is 0 Å². The number of hydrogen-bond donors (Lipinski definition) is 3. The third kappa shape index (κ3) is 2.14. The molecule has 0 radical (unpaired) electrons. The summed E-state index contributed by atoms with van der Waals surface area (Å²) in [6, 6.07) is -1.23. The van der Waals surface area contributed by atoms with E-state index in [2.05, 4.69) is 0 Å². The van der Waals surface area contributed by atoms with E-state index in [1.807, 2.05) is 0 Å². The standard InChI is InChI=1S/C13H20N2O5/c16-9-3-7-1-2-8(4-9)15(7)13(20)14-6-10(17)5-11(14)12(18)19/h7-11,16-17H,1-6H2,(H,18,19)/t7?,8?,9?,10-,11-/m0/s1. The van der Waals surface area contributed by atoms with Crippen LogP contribution in [0, 0.1) is 0 Å². The molecule has 3 rings (SSSR count). The molecule has 7 nitrogen and oxygen atoms in total. The van der Waals surface area contributed by atoms with Gasteiger partial charge in [-0.3, -0.25) is 0 Å². The molecule has 0 saturated carbocycles. The summed E-state index contributed by atoms with van der Waals surface area (Å²) in [5.41, 5.74) is 0. The van der Waals surface area contributed by atoms with Gasteiger partial charge < -0.3 is 25.1 Å². The fraction of sp³-hybridized carbons (Fsp3) is 0.846. The highest BCUT2D eigenvalue weighted by Gasteiger charge is 2.48. The van der Waals surface area contributed by atoms with E-state index in [1.165, 1.54) is 4.90 Å². The second kappa shape index (κ2) is 4.89. The molecule has 112 valence electrons. The lowest BCUT2D eigenvalue weighted by Gasteiger charge is -2.40. The minimum Gasteiger partial charge on any atom is -0.480 e. The SMILES string of the molecule is O=C(O)[C@@H]1C[C@H](O)CN1C(=O)N1C2CCC1CC(O)C2. The van der Waals surface area contributed by atoms with Gasteiger partial charge in [-0.15, -0.1) is 0 Å². The molecular formula is C13H20N2O5. The van der Waals surface area contributed by atoms with Gasteiger partial charge in [0.15, 0.2) is 0 Å². The Balaban J connectivity index is 1.77. The summed E-state index contributed by atoms with van der Waals surface area (Å²) in [6.07, 6.45) is 1.81. The van der Waals surface area contributed by atoms with Gasteiger partial charge >= 0.3 is 12.0 Å². The number of carbonyl (C=O) groups excluding carboxylic acids is 1. The van der Waals surface area contributed by atoms with Crippen LogP contribution in [-0.4, -0.2) is 74.0 Å². The van der Waals surface area contributed by atoms with Crippen molar-refractivity contribution >= 4 is 12.0 Å². The van der Waals surface area contributed by atoms with Crippen LogP contribution in [0.5, 0.6) is 0 Å². The summed E-state index contributed by atoms with van der Waals surface area (Å²) >= 11 is 0. The van der Waals surface area contributed by atoms with Crippen molar-refractivity contribution in [3.63, 3.8) is 0 Å². The van der Waals surface area contributed by atoms with E-state index in [1.54, 1.807) is 4.90 Å². The van der Waals surface area contributed by atoms with Crippen molar-refractivity contribution in [1.29, 1.82) is 0 Å². The van der Waals surface area contributed by atoms with E-state index in [9.17, 15) is 24.9 Å². The van der Waals surface area contributed by atoms with Gasteiger partial charge in [0.25, 0.3) is 0 Å². The lowest BCUT2D eigenvalue weighted by molar-refractivity contribution is -0.141. The molecule has 3 heterocycles. The number of rotatable bonds is 1. The number of urea groups is 1. The van der Waals surface area contributed by atoms with E-state index in [0.29, 0.717) is 12.8 Å². The average Bonchev–Trinajstić information content (AvgIpc) is 2.88. The number of β-amino-alcohol motifs (C(OH)–C–C–N with tert-alkyl or cyclic N) is 1. The fourth-order valence-electron chi connectivity index (χ4n) is 3.87. The number of carboxylic acid groups (broad SMARTS) is 1. The molecule has 3 saturated heterocycles. The highest BCUT2D eigenvalue weighted by molar-refractivity contribution is 5.84. The van der Waals surface area contributed by atoms with Gasteiger partial charge in [0, 0.05) is 25.0 Å². The number of nitrogens with zero attached hydrogens (tertiary/aromatic N) is 2. The number of hydrogen-bond acceptors (Lipinski definition) is 4. The third-order valence-corrected chi connectivity index (χ3v) is 4.74. The predicted molar refractivity (Wildman–Crippen MR) is 68.0 cm³/mol. The van der Waals surface area contributed by atoms with Crippen LogP contribution in [0.4, 0.5) is 4.79 Å². The van der Waals surface area contributed by atoms with Crippen molar-refractivity contribution in [3.8, 4) is 0 Å². The molecule has 0 aromatic rings. The third-order valence-electron chi connectivity index (χ3n) is 4.74. The summed E-state index contributed by atoms with van der Waals surface area (Å²) in [5, 5.41) is 28.6. The van der Waals surface area contributed by atoms with Crippen LogP contribution in [0.15, 0.2) is 0 Å². The number of aliphatic hydroxyl groups excluding tert-OH is 2. The predicted octanol–water partition coefficient (Wildman–Crippen LogP) is -0.386. The molecule has 2 amide bonds. The van der Waals surface area contributed by atoms with Gasteiger partial charge in [-0.1, -0.05) is 0 Å².